The second kappa shape index (κ2) is 8.97. The van der Waals surface area contributed by atoms with Crippen molar-refractivity contribution in [3.05, 3.63) is 11.6 Å². The van der Waals surface area contributed by atoms with E-state index in [4.69, 9.17) is 0 Å². The van der Waals surface area contributed by atoms with Gasteiger partial charge in [0.05, 0.1) is 6.10 Å². The Morgan fingerprint density at radius 3 is 2.61 bits per heavy atom. The Morgan fingerprint density at radius 1 is 1.10 bits per heavy atom. The number of rotatable bonds is 6. The van der Waals surface area contributed by atoms with E-state index in [1.165, 1.54) is 50.3 Å². The summed E-state index contributed by atoms with van der Waals surface area (Å²) in [6.07, 6.45) is 15.6. The van der Waals surface area contributed by atoms with Crippen LogP contribution in [0.4, 0.5) is 0 Å². The van der Waals surface area contributed by atoms with Gasteiger partial charge in [-0.2, -0.15) is 8.42 Å². The number of fused-ring (bicyclic) bond motifs is 5. The van der Waals surface area contributed by atoms with Crippen molar-refractivity contribution < 1.29 is 13.5 Å². The summed E-state index contributed by atoms with van der Waals surface area (Å²) >= 11 is 0. The van der Waals surface area contributed by atoms with Crippen LogP contribution < -0.4 is 0 Å². The number of hydrogen-bond acceptors (Lipinski definition) is 3. The van der Waals surface area contributed by atoms with E-state index in [2.05, 4.69) is 26.8 Å². The van der Waals surface area contributed by atoms with Crippen LogP contribution in [-0.2, 0) is 10.3 Å². The van der Waals surface area contributed by atoms with Crippen LogP contribution in [0.1, 0.15) is 98.3 Å². The molecule has 3 saturated carbocycles. The number of allylic oxidation sites excluding steroid dienone is 1. The summed E-state index contributed by atoms with van der Waals surface area (Å²) in [5.41, 5.74) is 2.38. The molecular weight excluding hydrogens is 404 g/mol. The molecule has 176 valence electrons. The van der Waals surface area contributed by atoms with Gasteiger partial charge < -0.3 is 5.11 Å². The zero-order chi connectivity index (χ0) is 22.4. The standard InChI is InChI=1S/C27H44O3S/c1-18(17-31(29)30)6-5-7-19(2)23-10-11-24-22-9-8-20-16-21(28)12-14-26(20,3)25(22)13-15-27(23,24)4/h8,17-19,21-25,28H,5-7,9-16H2,1-4H3/t18?,19-,21+,22+,23-,24+,25+,26+,27-/m1/s1. The molecule has 0 spiro atoms. The second-order valence-corrected chi connectivity index (χ2v) is 13.0. The molecule has 4 rings (SSSR count). The quantitative estimate of drug-likeness (QED) is 0.397. The Labute approximate surface area is 191 Å². The third kappa shape index (κ3) is 4.33. The van der Waals surface area contributed by atoms with E-state index in [1.807, 2.05) is 6.92 Å². The van der Waals surface area contributed by atoms with Crippen LogP contribution >= 0.6 is 0 Å². The Hall–Kier alpha value is -0.610. The first-order chi connectivity index (χ1) is 14.6. The first kappa shape index (κ1) is 23.5. The molecule has 0 amide bonds. The molecule has 3 nitrogen and oxygen atoms in total. The molecule has 9 atom stereocenters. The van der Waals surface area contributed by atoms with E-state index >= 15 is 0 Å². The number of hydrogen-bond donors (Lipinski definition) is 1. The summed E-state index contributed by atoms with van der Waals surface area (Å²) in [4.78, 5) is 0. The van der Waals surface area contributed by atoms with Gasteiger partial charge in [0.25, 0.3) is 0 Å². The molecule has 0 aliphatic heterocycles. The van der Waals surface area contributed by atoms with Crippen LogP contribution in [0.25, 0.3) is 0 Å². The molecule has 0 bridgehead atoms. The molecule has 0 aromatic heterocycles. The van der Waals surface area contributed by atoms with Crippen molar-refractivity contribution in [2.24, 2.45) is 46.3 Å². The summed E-state index contributed by atoms with van der Waals surface area (Å²) in [5.74, 6) is 4.21. The van der Waals surface area contributed by atoms with E-state index in [0.29, 0.717) is 10.8 Å². The highest BCUT2D eigenvalue weighted by Gasteiger charge is 2.59. The van der Waals surface area contributed by atoms with E-state index in [9.17, 15) is 13.5 Å². The van der Waals surface area contributed by atoms with Crippen LogP contribution in [0, 0.1) is 46.3 Å². The summed E-state index contributed by atoms with van der Waals surface area (Å²) in [6.45, 7) is 9.62. The van der Waals surface area contributed by atoms with Gasteiger partial charge in [0.1, 0.15) is 0 Å². The molecule has 0 radical (unpaired) electrons. The minimum absolute atomic E-state index is 0.115. The van der Waals surface area contributed by atoms with E-state index in [-0.39, 0.29) is 12.0 Å². The first-order valence-electron chi connectivity index (χ1n) is 13.0. The average Bonchev–Trinajstić information content (AvgIpc) is 3.05. The van der Waals surface area contributed by atoms with E-state index < -0.39 is 10.3 Å². The van der Waals surface area contributed by atoms with Crippen molar-refractivity contribution in [1.29, 1.82) is 0 Å². The van der Waals surface area contributed by atoms with Gasteiger partial charge in [-0.1, -0.05) is 52.2 Å². The normalized spacial score (nSPS) is 43.8. The average molecular weight is 449 g/mol. The maximum Gasteiger partial charge on any atom is 0.210 e. The Bertz CT molecular complexity index is 821. The first-order valence-corrected chi connectivity index (χ1v) is 14.1. The van der Waals surface area contributed by atoms with Gasteiger partial charge in [-0.15, -0.1) is 0 Å². The Kier molecular flexibility index (Phi) is 6.81. The van der Waals surface area contributed by atoms with Gasteiger partial charge >= 0.3 is 0 Å². The second-order valence-electron chi connectivity index (χ2n) is 12.2. The van der Waals surface area contributed by atoms with Gasteiger partial charge in [0, 0.05) is 5.37 Å². The molecular formula is C27H44O3S. The lowest BCUT2D eigenvalue weighted by molar-refractivity contribution is -0.0572. The van der Waals surface area contributed by atoms with Crippen LogP contribution in [0.3, 0.4) is 0 Å². The summed E-state index contributed by atoms with van der Waals surface area (Å²) in [6, 6.07) is 0. The maximum absolute atomic E-state index is 10.9. The van der Waals surface area contributed by atoms with Gasteiger partial charge in [0.15, 0.2) is 0 Å². The van der Waals surface area contributed by atoms with Crippen LogP contribution in [0.5, 0.6) is 0 Å². The Balaban J connectivity index is 1.43. The molecule has 3 fully saturated rings. The predicted molar refractivity (Wildman–Crippen MR) is 128 cm³/mol. The molecule has 4 aliphatic rings. The fraction of sp³-hybridized carbons (Fsp3) is 0.889. The van der Waals surface area contributed by atoms with Gasteiger partial charge in [-0.25, -0.2) is 0 Å². The largest absolute Gasteiger partial charge is 0.393 e. The zero-order valence-electron chi connectivity index (χ0n) is 20.1. The van der Waals surface area contributed by atoms with Crippen molar-refractivity contribution in [3.63, 3.8) is 0 Å². The van der Waals surface area contributed by atoms with Crippen molar-refractivity contribution in [1.82, 2.24) is 0 Å². The van der Waals surface area contributed by atoms with Gasteiger partial charge in [-0.05, 0) is 104 Å². The molecule has 0 aromatic rings. The fourth-order valence-electron chi connectivity index (χ4n) is 8.84. The smallest absolute Gasteiger partial charge is 0.210 e. The monoisotopic (exact) mass is 448 g/mol. The summed E-state index contributed by atoms with van der Waals surface area (Å²) < 4.78 is 21.8. The topological polar surface area (TPSA) is 54.4 Å². The Morgan fingerprint density at radius 2 is 1.87 bits per heavy atom. The summed E-state index contributed by atoms with van der Waals surface area (Å²) in [5, 5.41) is 11.7. The van der Waals surface area contributed by atoms with Crippen molar-refractivity contribution in [3.8, 4) is 0 Å². The van der Waals surface area contributed by atoms with Gasteiger partial charge in [0.2, 0.25) is 10.3 Å². The van der Waals surface area contributed by atoms with Crippen molar-refractivity contribution >= 4 is 15.7 Å². The molecule has 1 N–H and O–H groups in total. The molecule has 1 unspecified atom stereocenters. The highest BCUT2D eigenvalue weighted by molar-refractivity contribution is 7.71. The maximum atomic E-state index is 10.9. The van der Waals surface area contributed by atoms with Crippen LogP contribution in [0.15, 0.2) is 11.6 Å². The predicted octanol–water partition coefficient (Wildman–Crippen LogP) is 6.05. The number of aliphatic hydroxyl groups excluding tert-OH is 1. The molecule has 0 saturated heterocycles. The van der Waals surface area contributed by atoms with E-state index in [0.717, 1.165) is 55.3 Å². The summed E-state index contributed by atoms with van der Waals surface area (Å²) in [7, 11) is -2.03. The number of aliphatic hydroxyl groups is 1. The van der Waals surface area contributed by atoms with E-state index in [1.54, 1.807) is 5.57 Å². The van der Waals surface area contributed by atoms with Crippen LogP contribution in [0.2, 0.25) is 0 Å². The third-order valence-electron chi connectivity index (χ3n) is 10.5. The minimum Gasteiger partial charge on any atom is -0.393 e. The fourth-order valence-corrected chi connectivity index (χ4v) is 9.35. The van der Waals surface area contributed by atoms with Gasteiger partial charge in [-0.3, -0.25) is 0 Å². The van der Waals surface area contributed by atoms with Crippen molar-refractivity contribution in [2.75, 3.05) is 0 Å². The molecule has 4 aliphatic carbocycles. The third-order valence-corrected chi connectivity index (χ3v) is 11.2. The molecule has 31 heavy (non-hydrogen) atoms. The highest BCUT2D eigenvalue weighted by atomic mass is 32.2. The minimum atomic E-state index is -2.03. The van der Waals surface area contributed by atoms with Crippen molar-refractivity contribution in [2.45, 2.75) is 104 Å². The molecule has 0 heterocycles. The lowest BCUT2D eigenvalue weighted by Gasteiger charge is -2.58. The highest BCUT2D eigenvalue weighted by Crippen LogP contribution is 2.67. The molecule has 4 heteroatoms. The SMILES string of the molecule is CC(C=S(=O)=O)CCC[C@@H](C)[C@H]1CC[C@H]2[C@@H]3CC=C4C[C@@H](O)CC[C@]4(C)[C@H]3CC[C@]12C. The lowest BCUT2D eigenvalue weighted by atomic mass is 9.47. The lowest BCUT2D eigenvalue weighted by Crippen LogP contribution is -2.50. The molecule has 0 aromatic carbocycles. The zero-order valence-corrected chi connectivity index (χ0v) is 21.0. The van der Waals surface area contributed by atoms with Crippen LogP contribution in [-0.4, -0.2) is 25.0 Å².